The van der Waals surface area contributed by atoms with E-state index in [1.807, 2.05) is 23.1 Å². The number of alkyl carbamates (subject to hydrolysis) is 1. The van der Waals surface area contributed by atoms with Gasteiger partial charge in [0, 0.05) is 36.6 Å². The lowest BCUT2D eigenvalue weighted by molar-refractivity contribution is 0.0507. The molecule has 1 aromatic carbocycles. The van der Waals surface area contributed by atoms with Crippen LogP contribution < -0.4 is 10.2 Å². The summed E-state index contributed by atoms with van der Waals surface area (Å²) in [7, 11) is 0. The molecule has 3 aromatic rings. The number of amides is 1. The highest BCUT2D eigenvalue weighted by atomic mass is 35.5. The first-order chi connectivity index (χ1) is 18.6. The van der Waals surface area contributed by atoms with Crippen LogP contribution in [0.15, 0.2) is 54.9 Å². The Kier molecular flexibility index (Phi) is 8.48. The fourth-order valence-corrected chi connectivity index (χ4v) is 4.81. The van der Waals surface area contributed by atoms with Gasteiger partial charge in [0.05, 0.1) is 25.3 Å². The van der Waals surface area contributed by atoms with Crippen LogP contribution in [-0.4, -0.2) is 57.8 Å². The summed E-state index contributed by atoms with van der Waals surface area (Å²) >= 11 is 6.01. The number of aromatic nitrogens is 2. The van der Waals surface area contributed by atoms with Crippen molar-refractivity contribution in [3.05, 3.63) is 82.7 Å². The van der Waals surface area contributed by atoms with Gasteiger partial charge in [0.1, 0.15) is 16.4 Å². The molecule has 4 rings (SSSR count). The SMILES string of the molecule is [C-]#[N+]c1ccncc1-c1ccc(CC(=O)c2cccc(Cl)n2)c(N2C[C@@H](NC(=O)OC(C)(C)C)C[C@H]2CO)c1. The molecule has 1 fully saturated rings. The van der Waals surface area contributed by atoms with E-state index < -0.39 is 11.7 Å². The third-order valence-corrected chi connectivity index (χ3v) is 6.53. The van der Waals surface area contributed by atoms with E-state index in [-0.39, 0.29) is 41.7 Å². The molecule has 1 saturated heterocycles. The molecule has 0 saturated carbocycles. The Hall–Kier alpha value is -4.00. The Morgan fingerprint density at radius 3 is 2.74 bits per heavy atom. The van der Waals surface area contributed by atoms with Crippen LogP contribution in [0.4, 0.5) is 16.2 Å². The van der Waals surface area contributed by atoms with Crippen molar-refractivity contribution >= 4 is 34.9 Å². The smallest absolute Gasteiger partial charge is 0.407 e. The molecule has 0 radical (unpaired) electrons. The van der Waals surface area contributed by atoms with Gasteiger partial charge in [-0.2, -0.15) is 0 Å². The van der Waals surface area contributed by atoms with Gasteiger partial charge in [0.25, 0.3) is 0 Å². The molecule has 1 aliphatic heterocycles. The lowest BCUT2D eigenvalue weighted by atomic mass is 9.98. The molecule has 10 heteroatoms. The Bertz CT molecular complexity index is 1420. The van der Waals surface area contributed by atoms with Crippen LogP contribution in [0.25, 0.3) is 16.0 Å². The molecular formula is C29H30ClN5O4. The van der Waals surface area contributed by atoms with Crippen molar-refractivity contribution in [1.29, 1.82) is 0 Å². The monoisotopic (exact) mass is 547 g/mol. The second kappa shape index (κ2) is 11.8. The highest BCUT2D eigenvalue weighted by Gasteiger charge is 2.35. The molecule has 1 aliphatic rings. The minimum Gasteiger partial charge on any atom is -0.444 e. The second-order valence-corrected chi connectivity index (χ2v) is 10.7. The molecule has 2 N–H and O–H groups in total. The predicted octanol–water partition coefficient (Wildman–Crippen LogP) is 5.24. The van der Waals surface area contributed by atoms with Crippen LogP contribution in [0.5, 0.6) is 0 Å². The van der Waals surface area contributed by atoms with Crippen molar-refractivity contribution in [2.75, 3.05) is 18.1 Å². The predicted molar refractivity (Wildman–Crippen MR) is 149 cm³/mol. The van der Waals surface area contributed by atoms with Crippen LogP contribution in [-0.2, 0) is 11.2 Å². The molecule has 0 aliphatic carbocycles. The van der Waals surface area contributed by atoms with E-state index >= 15 is 0 Å². The van der Waals surface area contributed by atoms with E-state index in [4.69, 9.17) is 22.9 Å². The van der Waals surface area contributed by atoms with E-state index in [0.29, 0.717) is 24.2 Å². The first-order valence-corrected chi connectivity index (χ1v) is 12.9. The van der Waals surface area contributed by atoms with Gasteiger partial charge >= 0.3 is 6.09 Å². The minimum absolute atomic E-state index is 0.0461. The van der Waals surface area contributed by atoms with Gasteiger partial charge in [-0.15, -0.1) is 0 Å². The molecular weight excluding hydrogens is 518 g/mol. The highest BCUT2D eigenvalue weighted by molar-refractivity contribution is 6.29. The number of aliphatic hydroxyl groups is 1. The maximum Gasteiger partial charge on any atom is 0.407 e. The maximum absolute atomic E-state index is 13.2. The minimum atomic E-state index is -0.640. The third-order valence-electron chi connectivity index (χ3n) is 6.32. The van der Waals surface area contributed by atoms with Crippen molar-refractivity contribution in [3.8, 4) is 11.1 Å². The standard InChI is InChI=1S/C29H30ClN5O4/c1-29(2,3)39-28(38)33-20-14-21(17-36)35(16-20)25-12-18(22-15-32-11-10-23(22)31-4)8-9-19(25)13-26(37)24-6-5-7-27(30)34-24/h5-12,15,20-21,36H,13-14,16-17H2,1-3H3,(H,33,38)/t20-,21-/m0/s1. The van der Waals surface area contributed by atoms with Gasteiger partial charge < -0.3 is 20.1 Å². The third kappa shape index (κ3) is 6.91. The average Bonchev–Trinajstić information content (AvgIpc) is 3.30. The van der Waals surface area contributed by atoms with E-state index in [2.05, 4.69) is 20.1 Å². The van der Waals surface area contributed by atoms with Gasteiger partial charge in [-0.25, -0.2) is 14.6 Å². The topological polar surface area (TPSA) is 109 Å². The number of ether oxygens (including phenoxy) is 1. The summed E-state index contributed by atoms with van der Waals surface area (Å²) in [5.74, 6) is -0.210. The van der Waals surface area contributed by atoms with Crippen LogP contribution in [0.3, 0.4) is 0 Å². The van der Waals surface area contributed by atoms with Crippen molar-refractivity contribution in [3.63, 3.8) is 0 Å². The number of aliphatic hydroxyl groups excluding tert-OH is 1. The van der Waals surface area contributed by atoms with Gasteiger partial charge in [-0.1, -0.05) is 29.8 Å². The summed E-state index contributed by atoms with van der Waals surface area (Å²) in [4.78, 5) is 39.6. The quantitative estimate of drug-likeness (QED) is 0.236. The van der Waals surface area contributed by atoms with Gasteiger partial charge in [-0.3, -0.25) is 9.78 Å². The molecule has 0 unspecified atom stereocenters. The number of rotatable bonds is 7. The zero-order valence-electron chi connectivity index (χ0n) is 22.0. The van der Waals surface area contributed by atoms with E-state index in [1.54, 1.807) is 57.4 Å². The zero-order valence-corrected chi connectivity index (χ0v) is 22.8. The zero-order chi connectivity index (χ0) is 28.2. The van der Waals surface area contributed by atoms with Gasteiger partial charge in [0.2, 0.25) is 0 Å². The van der Waals surface area contributed by atoms with Crippen molar-refractivity contribution in [2.45, 2.75) is 51.3 Å². The number of nitrogens with zero attached hydrogens (tertiary/aromatic N) is 4. The van der Waals surface area contributed by atoms with E-state index in [1.165, 1.54) is 0 Å². The number of benzene rings is 1. The Morgan fingerprint density at radius 2 is 2.05 bits per heavy atom. The Morgan fingerprint density at radius 1 is 1.26 bits per heavy atom. The molecule has 39 heavy (non-hydrogen) atoms. The number of hydrogen-bond donors (Lipinski definition) is 2. The summed E-state index contributed by atoms with van der Waals surface area (Å²) < 4.78 is 5.42. The van der Waals surface area contributed by atoms with Crippen LogP contribution in [0, 0.1) is 6.57 Å². The number of anilines is 1. The van der Waals surface area contributed by atoms with Gasteiger partial charge in [0.15, 0.2) is 11.5 Å². The normalized spacial score (nSPS) is 17.0. The number of pyridine rings is 2. The molecule has 202 valence electrons. The second-order valence-electron chi connectivity index (χ2n) is 10.4. The molecule has 2 aromatic heterocycles. The van der Waals surface area contributed by atoms with Crippen molar-refractivity contribution in [2.24, 2.45) is 0 Å². The highest BCUT2D eigenvalue weighted by Crippen LogP contribution is 2.36. The van der Waals surface area contributed by atoms with Gasteiger partial charge in [-0.05, 0) is 62.6 Å². The maximum atomic E-state index is 13.2. The fraction of sp³-hybridized carbons (Fsp3) is 0.345. The van der Waals surface area contributed by atoms with Crippen LogP contribution in [0.2, 0.25) is 5.15 Å². The molecule has 9 nitrogen and oxygen atoms in total. The number of carbonyl (C=O) groups excluding carboxylic acids is 2. The number of nitrogens with one attached hydrogen (secondary N) is 1. The number of halogens is 1. The average molecular weight is 548 g/mol. The summed E-state index contributed by atoms with van der Waals surface area (Å²) in [6.07, 6.45) is 3.21. The van der Waals surface area contributed by atoms with Crippen molar-refractivity contribution in [1.82, 2.24) is 15.3 Å². The number of Topliss-reactive ketones (excluding diaryl/α,β-unsaturated/α-hetero) is 1. The van der Waals surface area contributed by atoms with Crippen LogP contribution in [0.1, 0.15) is 43.2 Å². The summed E-state index contributed by atoms with van der Waals surface area (Å²) in [5.41, 5.74) is 2.91. The Labute approximate surface area is 232 Å². The lowest BCUT2D eigenvalue weighted by Crippen LogP contribution is -2.40. The lowest BCUT2D eigenvalue weighted by Gasteiger charge is -2.28. The largest absolute Gasteiger partial charge is 0.444 e. The van der Waals surface area contributed by atoms with Crippen molar-refractivity contribution < 1.29 is 19.4 Å². The number of hydrogen-bond acceptors (Lipinski definition) is 7. The number of ketones is 1. The van der Waals surface area contributed by atoms with E-state index in [9.17, 15) is 14.7 Å². The molecule has 2 atom stereocenters. The van der Waals surface area contributed by atoms with E-state index in [0.717, 1.165) is 16.8 Å². The summed E-state index contributed by atoms with van der Waals surface area (Å²) in [6.45, 7) is 13.2. The number of carbonyl (C=O) groups is 2. The first kappa shape index (κ1) is 28.0. The van der Waals surface area contributed by atoms with Crippen LogP contribution >= 0.6 is 11.6 Å². The molecule has 0 bridgehead atoms. The summed E-state index contributed by atoms with van der Waals surface area (Å²) in [6, 6.07) is 11.6. The first-order valence-electron chi connectivity index (χ1n) is 12.6. The Balaban J connectivity index is 1.70. The summed E-state index contributed by atoms with van der Waals surface area (Å²) in [5, 5.41) is 13.4. The molecule has 0 spiro atoms. The fourth-order valence-electron chi connectivity index (χ4n) is 4.65. The molecule has 1 amide bonds. The molecule has 3 heterocycles.